The number of amides is 1. The van der Waals surface area contributed by atoms with Gasteiger partial charge in [0.05, 0.1) is 0 Å². The van der Waals surface area contributed by atoms with Crippen molar-refractivity contribution < 1.29 is 4.79 Å². The molecule has 1 N–H and O–H groups in total. The minimum Gasteiger partial charge on any atom is -0.347 e. The molecule has 1 aromatic heterocycles. The van der Waals surface area contributed by atoms with Crippen LogP contribution in [0, 0.1) is 0 Å². The molecule has 2 aromatic rings. The van der Waals surface area contributed by atoms with E-state index in [0.29, 0.717) is 12.2 Å². The van der Waals surface area contributed by atoms with Gasteiger partial charge in [-0.2, -0.15) is 5.10 Å². The topological polar surface area (TPSA) is 46.9 Å². The van der Waals surface area contributed by atoms with E-state index in [9.17, 15) is 4.79 Å². The summed E-state index contributed by atoms with van der Waals surface area (Å²) in [5.41, 5.74) is 1.71. The Morgan fingerprint density at radius 1 is 1.28 bits per heavy atom. The molecule has 0 bridgehead atoms. The third kappa shape index (κ3) is 2.97. The Kier molecular flexibility index (Phi) is 4.12. The van der Waals surface area contributed by atoms with Crippen LogP contribution in [-0.4, -0.2) is 15.7 Å². The number of hydrogen-bond acceptors (Lipinski definition) is 2. The van der Waals surface area contributed by atoms with Gasteiger partial charge in [0.25, 0.3) is 5.91 Å². The van der Waals surface area contributed by atoms with Gasteiger partial charge in [0.1, 0.15) is 5.69 Å². The molecule has 2 rings (SSSR count). The fraction of sp³-hybridized carbons (Fsp3) is 0.286. The second-order valence-corrected chi connectivity index (χ2v) is 4.11. The molecule has 0 atom stereocenters. The van der Waals surface area contributed by atoms with Crippen LogP contribution in [0.15, 0.2) is 42.6 Å². The lowest BCUT2D eigenvalue weighted by Gasteiger charge is -2.07. The number of aromatic nitrogens is 2. The van der Waals surface area contributed by atoms with Crippen LogP contribution in [0.4, 0.5) is 0 Å². The van der Waals surface area contributed by atoms with Gasteiger partial charge in [0.2, 0.25) is 0 Å². The van der Waals surface area contributed by atoms with Crippen molar-refractivity contribution in [2.24, 2.45) is 0 Å². The van der Waals surface area contributed by atoms with Crippen LogP contribution in [-0.2, 0) is 13.1 Å². The maximum absolute atomic E-state index is 12.0. The Labute approximate surface area is 107 Å². The number of hydrogen-bond donors (Lipinski definition) is 1. The van der Waals surface area contributed by atoms with E-state index in [1.54, 1.807) is 16.9 Å². The molecule has 0 radical (unpaired) electrons. The standard InChI is InChI=1S/C14H17N3O/c1-2-10-17-13(8-9-16-17)14(18)15-11-12-6-4-3-5-7-12/h3-9H,2,10-11H2,1H3,(H,15,18). The lowest BCUT2D eigenvalue weighted by molar-refractivity contribution is 0.0940. The molecule has 0 saturated heterocycles. The van der Waals surface area contributed by atoms with Crippen molar-refractivity contribution in [1.29, 1.82) is 0 Å². The summed E-state index contributed by atoms with van der Waals surface area (Å²) in [6, 6.07) is 11.6. The van der Waals surface area contributed by atoms with E-state index in [-0.39, 0.29) is 5.91 Å². The van der Waals surface area contributed by atoms with Gasteiger partial charge in [-0.3, -0.25) is 9.48 Å². The fourth-order valence-corrected chi connectivity index (χ4v) is 1.78. The van der Waals surface area contributed by atoms with Crippen molar-refractivity contribution in [3.63, 3.8) is 0 Å². The normalized spacial score (nSPS) is 10.3. The Morgan fingerprint density at radius 3 is 2.78 bits per heavy atom. The Balaban J connectivity index is 1.97. The highest BCUT2D eigenvalue weighted by Crippen LogP contribution is 2.02. The molecule has 1 heterocycles. The molecular formula is C14H17N3O. The molecule has 0 unspecified atom stereocenters. The molecule has 0 aliphatic heterocycles. The van der Waals surface area contributed by atoms with Gasteiger partial charge in [-0.1, -0.05) is 37.3 Å². The minimum absolute atomic E-state index is 0.0789. The van der Waals surface area contributed by atoms with Crippen LogP contribution in [0.5, 0.6) is 0 Å². The predicted molar refractivity (Wildman–Crippen MR) is 70.1 cm³/mol. The predicted octanol–water partition coefficient (Wildman–Crippen LogP) is 2.22. The maximum Gasteiger partial charge on any atom is 0.269 e. The van der Waals surface area contributed by atoms with E-state index in [2.05, 4.69) is 17.3 Å². The molecule has 0 saturated carbocycles. The number of benzene rings is 1. The molecular weight excluding hydrogens is 226 g/mol. The molecule has 94 valence electrons. The van der Waals surface area contributed by atoms with Gasteiger partial charge in [-0.05, 0) is 18.1 Å². The van der Waals surface area contributed by atoms with Crippen molar-refractivity contribution >= 4 is 5.91 Å². The number of nitrogens with zero attached hydrogens (tertiary/aromatic N) is 2. The van der Waals surface area contributed by atoms with Crippen molar-refractivity contribution in [2.75, 3.05) is 0 Å². The molecule has 4 nitrogen and oxygen atoms in total. The number of carbonyl (C=O) groups excluding carboxylic acids is 1. The van der Waals surface area contributed by atoms with Gasteiger partial charge in [0, 0.05) is 19.3 Å². The third-order valence-corrected chi connectivity index (χ3v) is 2.68. The van der Waals surface area contributed by atoms with E-state index in [4.69, 9.17) is 0 Å². The number of carbonyl (C=O) groups is 1. The molecule has 1 aromatic carbocycles. The SMILES string of the molecule is CCCn1nccc1C(=O)NCc1ccccc1. The summed E-state index contributed by atoms with van der Waals surface area (Å²) in [4.78, 5) is 12.0. The van der Waals surface area contributed by atoms with Gasteiger partial charge >= 0.3 is 0 Å². The number of rotatable bonds is 5. The zero-order valence-corrected chi connectivity index (χ0v) is 10.5. The van der Waals surface area contributed by atoms with Crippen LogP contribution in [0.2, 0.25) is 0 Å². The maximum atomic E-state index is 12.0. The van der Waals surface area contributed by atoms with Crippen molar-refractivity contribution in [1.82, 2.24) is 15.1 Å². The average molecular weight is 243 g/mol. The Morgan fingerprint density at radius 2 is 2.06 bits per heavy atom. The summed E-state index contributed by atoms with van der Waals surface area (Å²) >= 11 is 0. The molecule has 0 spiro atoms. The summed E-state index contributed by atoms with van der Waals surface area (Å²) in [5.74, 6) is -0.0789. The highest BCUT2D eigenvalue weighted by molar-refractivity contribution is 5.92. The lowest BCUT2D eigenvalue weighted by atomic mass is 10.2. The van der Waals surface area contributed by atoms with Crippen molar-refractivity contribution in [3.8, 4) is 0 Å². The molecule has 18 heavy (non-hydrogen) atoms. The van der Waals surface area contributed by atoms with E-state index in [1.165, 1.54) is 0 Å². The highest BCUT2D eigenvalue weighted by Gasteiger charge is 2.10. The molecule has 4 heteroatoms. The largest absolute Gasteiger partial charge is 0.347 e. The van der Waals surface area contributed by atoms with Gasteiger partial charge in [0.15, 0.2) is 0 Å². The van der Waals surface area contributed by atoms with E-state index < -0.39 is 0 Å². The first-order chi connectivity index (χ1) is 8.81. The first-order valence-corrected chi connectivity index (χ1v) is 6.15. The zero-order valence-electron chi connectivity index (χ0n) is 10.5. The van der Waals surface area contributed by atoms with Crippen LogP contribution < -0.4 is 5.32 Å². The highest BCUT2D eigenvalue weighted by atomic mass is 16.2. The van der Waals surface area contributed by atoms with E-state index >= 15 is 0 Å². The number of aryl methyl sites for hydroxylation is 1. The second kappa shape index (κ2) is 6.00. The van der Waals surface area contributed by atoms with Crippen LogP contribution in [0.3, 0.4) is 0 Å². The average Bonchev–Trinajstić information content (AvgIpc) is 2.86. The smallest absolute Gasteiger partial charge is 0.269 e. The quantitative estimate of drug-likeness (QED) is 0.875. The van der Waals surface area contributed by atoms with Crippen molar-refractivity contribution in [3.05, 3.63) is 53.9 Å². The summed E-state index contributed by atoms with van der Waals surface area (Å²) in [5, 5.41) is 7.04. The van der Waals surface area contributed by atoms with E-state index in [0.717, 1.165) is 18.5 Å². The third-order valence-electron chi connectivity index (χ3n) is 2.68. The van der Waals surface area contributed by atoms with Gasteiger partial charge in [-0.15, -0.1) is 0 Å². The molecule has 0 fully saturated rings. The van der Waals surface area contributed by atoms with Crippen LogP contribution >= 0.6 is 0 Å². The molecule has 1 amide bonds. The first kappa shape index (κ1) is 12.4. The van der Waals surface area contributed by atoms with Gasteiger partial charge in [-0.25, -0.2) is 0 Å². The number of nitrogens with one attached hydrogen (secondary N) is 1. The Bertz CT molecular complexity index is 505. The zero-order chi connectivity index (χ0) is 12.8. The summed E-state index contributed by atoms with van der Waals surface area (Å²) in [7, 11) is 0. The van der Waals surface area contributed by atoms with Crippen LogP contribution in [0.1, 0.15) is 29.4 Å². The summed E-state index contributed by atoms with van der Waals surface area (Å²) in [6.07, 6.45) is 2.62. The summed E-state index contributed by atoms with van der Waals surface area (Å²) < 4.78 is 1.74. The fourth-order valence-electron chi connectivity index (χ4n) is 1.78. The summed E-state index contributed by atoms with van der Waals surface area (Å²) in [6.45, 7) is 3.37. The lowest BCUT2D eigenvalue weighted by Crippen LogP contribution is -2.25. The van der Waals surface area contributed by atoms with Crippen molar-refractivity contribution in [2.45, 2.75) is 26.4 Å². The van der Waals surface area contributed by atoms with Gasteiger partial charge < -0.3 is 5.32 Å². The monoisotopic (exact) mass is 243 g/mol. The first-order valence-electron chi connectivity index (χ1n) is 6.15. The Hall–Kier alpha value is -2.10. The molecule has 0 aliphatic rings. The van der Waals surface area contributed by atoms with E-state index in [1.807, 2.05) is 30.3 Å². The minimum atomic E-state index is -0.0789. The molecule has 0 aliphatic carbocycles. The second-order valence-electron chi connectivity index (χ2n) is 4.11. The van der Waals surface area contributed by atoms with Crippen LogP contribution in [0.25, 0.3) is 0 Å².